The number of aromatic nitrogens is 2. The molecule has 0 bridgehead atoms. The van der Waals surface area contributed by atoms with Crippen LogP contribution < -0.4 is 4.74 Å². The van der Waals surface area contributed by atoms with E-state index in [-0.39, 0.29) is 17.4 Å². The fourth-order valence-corrected chi connectivity index (χ4v) is 4.41. The third-order valence-electron chi connectivity index (χ3n) is 5.48. The topological polar surface area (TPSA) is 70.4 Å². The quantitative estimate of drug-likeness (QED) is 0.639. The molecular formula is C21H30N2O4S. The summed E-state index contributed by atoms with van der Waals surface area (Å²) in [4.78, 5) is 0. The van der Waals surface area contributed by atoms with Gasteiger partial charge in [0.1, 0.15) is 15.6 Å². The Labute approximate surface area is 167 Å². The molecular weight excluding hydrogens is 376 g/mol. The minimum Gasteiger partial charge on any atom is -0.493 e. The summed E-state index contributed by atoms with van der Waals surface area (Å²) >= 11 is 0. The van der Waals surface area contributed by atoms with Crippen molar-refractivity contribution in [2.75, 3.05) is 31.3 Å². The van der Waals surface area contributed by atoms with Crippen molar-refractivity contribution < 1.29 is 17.9 Å². The van der Waals surface area contributed by atoms with Crippen molar-refractivity contribution >= 4 is 9.84 Å². The maximum atomic E-state index is 11.8. The zero-order valence-corrected chi connectivity index (χ0v) is 17.5. The minimum atomic E-state index is -2.93. The van der Waals surface area contributed by atoms with Crippen molar-refractivity contribution in [3.05, 3.63) is 42.2 Å². The summed E-state index contributed by atoms with van der Waals surface area (Å²) in [7, 11) is -2.93. The molecule has 3 rings (SSSR count). The standard InChI is InChI=1S/C21H30N2O4S/c1-3-17-13-22-23(14-17)20-5-7-21(8-6-20)27-16-19-15-26-11-9-18(19)10-12-28(24,25)4-2/h5-8,13-14,18-19H,3-4,9-12,15-16H2,1-2H3. The number of sulfone groups is 1. The van der Waals surface area contributed by atoms with Gasteiger partial charge in [0.05, 0.1) is 30.9 Å². The van der Waals surface area contributed by atoms with Crippen molar-refractivity contribution in [2.45, 2.75) is 33.1 Å². The highest BCUT2D eigenvalue weighted by atomic mass is 32.2. The Hall–Kier alpha value is -1.86. The third-order valence-corrected chi connectivity index (χ3v) is 7.22. The van der Waals surface area contributed by atoms with Gasteiger partial charge in [0.15, 0.2) is 0 Å². The van der Waals surface area contributed by atoms with Crippen molar-refractivity contribution in [3.63, 3.8) is 0 Å². The Kier molecular flexibility index (Phi) is 7.13. The fourth-order valence-electron chi connectivity index (χ4n) is 3.46. The zero-order valence-electron chi connectivity index (χ0n) is 16.7. The van der Waals surface area contributed by atoms with Gasteiger partial charge in [0.2, 0.25) is 0 Å². The number of aryl methyl sites for hydroxylation is 1. The first-order valence-electron chi connectivity index (χ1n) is 10.1. The van der Waals surface area contributed by atoms with Gasteiger partial charge >= 0.3 is 0 Å². The highest BCUT2D eigenvalue weighted by Crippen LogP contribution is 2.27. The molecule has 2 aromatic rings. The maximum Gasteiger partial charge on any atom is 0.150 e. The summed E-state index contributed by atoms with van der Waals surface area (Å²) in [6.45, 7) is 5.68. The monoisotopic (exact) mass is 406 g/mol. The van der Waals surface area contributed by atoms with Gasteiger partial charge in [0, 0.05) is 24.5 Å². The molecule has 0 radical (unpaired) electrons. The predicted octanol–water partition coefficient (Wildman–Crippen LogP) is 3.29. The molecule has 0 saturated carbocycles. The molecule has 0 amide bonds. The molecule has 7 heteroatoms. The highest BCUT2D eigenvalue weighted by Gasteiger charge is 2.27. The average Bonchev–Trinajstić information content (AvgIpc) is 3.21. The molecule has 1 aromatic heterocycles. The SMILES string of the molecule is CCc1cnn(-c2ccc(OCC3COCCC3CCS(=O)(=O)CC)cc2)c1. The van der Waals surface area contributed by atoms with Crippen LogP contribution in [0.1, 0.15) is 32.3 Å². The lowest BCUT2D eigenvalue weighted by molar-refractivity contribution is -0.00317. The largest absolute Gasteiger partial charge is 0.493 e. The van der Waals surface area contributed by atoms with E-state index in [1.54, 1.807) is 6.92 Å². The summed E-state index contributed by atoms with van der Waals surface area (Å²) in [5, 5.41) is 4.37. The first-order valence-corrected chi connectivity index (χ1v) is 11.9. The summed E-state index contributed by atoms with van der Waals surface area (Å²) < 4.78 is 37.1. The number of hydrogen-bond donors (Lipinski definition) is 0. The smallest absolute Gasteiger partial charge is 0.150 e. The van der Waals surface area contributed by atoms with Gasteiger partial charge in [-0.25, -0.2) is 13.1 Å². The van der Waals surface area contributed by atoms with Crippen molar-refractivity contribution in [1.82, 2.24) is 9.78 Å². The first-order chi connectivity index (χ1) is 13.5. The van der Waals surface area contributed by atoms with Crippen LogP contribution in [-0.2, 0) is 21.0 Å². The molecule has 2 heterocycles. The van der Waals surface area contributed by atoms with Crippen LogP contribution in [0.5, 0.6) is 5.75 Å². The lowest BCUT2D eigenvalue weighted by Gasteiger charge is -2.31. The highest BCUT2D eigenvalue weighted by molar-refractivity contribution is 7.91. The van der Waals surface area contributed by atoms with Gasteiger partial charge in [-0.2, -0.15) is 5.10 Å². The van der Waals surface area contributed by atoms with Crippen LogP contribution in [0.2, 0.25) is 0 Å². The predicted molar refractivity (Wildman–Crippen MR) is 110 cm³/mol. The Balaban J connectivity index is 1.55. The van der Waals surface area contributed by atoms with Crippen LogP contribution in [0.25, 0.3) is 5.69 Å². The first kappa shape index (κ1) is 20.9. The van der Waals surface area contributed by atoms with Crippen molar-refractivity contribution in [3.8, 4) is 11.4 Å². The van der Waals surface area contributed by atoms with E-state index >= 15 is 0 Å². The molecule has 1 aliphatic heterocycles. The normalized spacial score (nSPS) is 20.2. The minimum absolute atomic E-state index is 0.208. The number of hydrogen-bond acceptors (Lipinski definition) is 5. The van der Waals surface area contributed by atoms with Gasteiger partial charge in [-0.15, -0.1) is 0 Å². The van der Waals surface area contributed by atoms with E-state index in [0.29, 0.717) is 32.2 Å². The van der Waals surface area contributed by atoms with E-state index in [9.17, 15) is 8.42 Å². The van der Waals surface area contributed by atoms with Gasteiger partial charge < -0.3 is 9.47 Å². The maximum absolute atomic E-state index is 11.8. The molecule has 1 aromatic carbocycles. The van der Waals surface area contributed by atoms with Gasteiger partial charge in [-0.05, 0) is 55.0 Å². The van der Waals surface area contributed by atoms with E-state index < -0.39 is 9.84 Å². The summed E-state index contributed by atoms with van der Waals surface area (Å²) in [6, 6.07) is 7.88. The van der Waals surface area contributed by atoms with Crippen molar-refractivity contribution in [1.29, 1.82) is 0 Å². The van der Waals surface area contributed by atoms with Crippen LogP contribution in [0, 0.1) is 11.8 Å². The molecule has 6 nitrogen and oxygen atoms in total. The lowest BCUT2D eigenvalue weighted by Crippen LogP contribution is -2.33. The molecule has 1 saturated heterocycles. The van der Waals surface area contributed by atoms with Crippen LogP contribution in [0.3, 0.4) is 0 Å². The number of rotatable bonds is 9. The van der Waals surface area contributed by atoms with E-state index in [1.165, 1.54) is 5.56 Å². The Morgan fingerprint density at radius 2 is 2.00 bits per heavy atom. The van der Waals surface area contributed by atoms with Crippen molar-refractivity contribution in [2.24, 2.45) is 11.8 Å². The summed E-state index contributed by atoms with van der Waals surface area (Å²) in [5.74, 6) is 1.81. The summed E-state index contributed by atoms with van der Waals surface area (Å²) in [6.07, 6.45) is 6.46. The second-order valence-corrected chi connectivity index (χ2v) is 9.83. The van der Waals surface area contributed by atoms with Gasteiger partial charge in [-0.3, -0.25) is 0 Å². The van der Waals surface area contributed by atoms with E-state index in [1.807, 2.05) is 41.3 Å². The zero-order chi connectivity index (χ0) is 20.0. The molecule has 0 aliphatic carbocycles. The Morgan fingerprint density at radius 1 is 1.21 bits per heavy atom. The van der Waals surface area contributed by atoms with Gasteiger partial charge in [0.25, 0.3) is 0 Å². The fraction of sp³-hybridized carbons (Fsp3) is 0.571. The van der Waals surface area contributed by atoms with Crippen LogP contribution in [0.15, 0.2) is 36.7 Å². The summed E-state index contributed by atoms with van der Waals surface area (Å²) in [5.41, 5.74) is 2.20. The third kappa shape index (κ3) is 5.58. The molecule has 1 fully saturated rings. The number of nitrogens with zero attached hydrogens (tertiary/aromatic N) is 2. The molecule has 28 heavy (non-hydrogen) atoms. The van der Waals surface area contributed by atoms with E-state index in [2.05, 4.69) is 12.0 Å². The lowest BCUT2D eigenvalue weighted by atomic mass is 9.87. The van der Waals surface area contributed by atoms with Gasteiger partial charge in [-0.1, -0.05) is 13.8 Å². The number of ether oxygens (including phenoxy) is 2. The molecule has 0 spiro atoms. The molecule has 0 N–H and O–H groups in total. The second-order valence-electron chi connectivity index (χ2n) is 7.36. The Morgan fingerprint density at radius 3 is 2.68 bits per heavy atom. The second kappa shape index (κ2) is 9.56. The van der Waals surface area contributed by atoms with E-state index in [4.69, 9.17) is 9.47 Å². The molecule has 1 aliphatic rings. The average molecular weight is 407 g/mol. The number of benzene rings is 1. The Bertz CT molecular complexity index is 846. The van der Waals surface area contributed by atoms with Crippen LogP contribution >= 0.6 is 0 Å². The van der Waals surface area contributed by atoms with E-state index in [0.717, 1.165) is 24.3 Å². The molecule has 2 atom stereocenters. The van der Waals surface area contributed by atoms with Crippen LogP contribution in [0.4, 0.5) is 0 Å². The van der Waals surface area contributed by atoms with Crippen LogP contribution in [-0.4, -0.2) is 49.5 Å². The molecule has 2 unspecified atom stereocenters. The molecule has 154 valence electrons.